The number of hydrogen-bond acceptors (Lipinski definition) is 4. The van der Waals surface area contributed by atoms with Gasteiger partial charge in [0.25, 0.3) is 5.91 Å². The van der Waals surface area contributed by atoms with Crippen molar-refractivity contribution in [1.82, 2.24) is 5.32 Å². The van der Waals surface area contributed by atoms with E-state index in [1.807, 2.05) is 0 Å². The van der Waals surface area contributed by atoms with Gasteiger partial charge in [0.15, 0.2) is 11.0 Å². The number of carboxylic acid groups (broad SMARTS) is 1. The molecule has 0 spiro atoms. The first-order valence-corrected chi connectivity index (χ1v) is 4.85. The summed E-state index contributed by atoms with van der Waals surface area (Å²) in [5, 5.41) is 10.8. The predicted octanol–water partition coefficient (Wildman–Crippen LogP) is -0.00860. The Morgan fingerprint density at radius 2 is 2.12 bits per heavy atom. The van der Waals surface area contributed by atoms with Crippen molar-refractivity contribution in [3.63, 3.8) is 0 Å². The van der Waals surface area contributed by atoms with Gasteiger partial charge in [-0.2, -0.15) is 0 Å². The zero-order valence-electron chi connectivity index (χ0n) is 8.47. The molecule has 1 heterocycles. The first-order valence-electron chi connectivity index (χ1n) is 4.47. The number of nitrogens with one attached hydrogen (secondary N) is 1. The van der Waals surface area contributed by atoms with E-state index in [2.05, 4.69) is 5.32 Å². The van der Waals surface area contributed by atoms with Crippen LogP contribution in [0.15, 0.2) is 16.5 Å². The van der Waals surface area contributed by atoms with Crippen molar-refractivity contribution in [3.05, 3.63) is 23.1 Å². The molecule has 0 aliphatic carbocycles. The number of carbonyl (C=O) groups excluding carboxylic acids is 2. The van der Waals surface area contributed by atoms with Crippen LogP contribution in [0, 0.1) is 0 Å². The van der Waals surface area contributed by atoms with E-state index < -0.39 is 30.2 Å². The minimum absolute atomic E-state index is 0.00285. The fourth-order valence-electron chi connectivity index (χ4n) is 1.07. The largest absolute Gasteiger partial charge is 0.480 e. The maximum atomic E-state index is 11.5. The van der Waals surface area contributed by atoms with Crippen molar-refractivity contribution >= 4 is 29.4 Å². The molecule has 0 saturated heterocycles. The molecule has 92 valence electrons. The predicted molar refractivity (Wildman–Crippen MR) is 56.4 cm³/mol. The molecule has 0 unspecified atom stereocenters. The minimum atomic E-state index is -1.40. The Labute approximate surface area is 101 Å². The topological polar surface area (TPSA) is 123 Å². The fourth-order valence-corrected chi connectivity index (χ4v) is 1.21. The molecule has 7 nitrogen and oxygen atoms in total. The van der Waals surface area contributed by atoms with Crippen molar-refractivity contribution in [1.29, 1.82) is 0 Å². The number of carboxylic acids is 1. The quantitative estimate of drug-likeness (QED) is 0.687. The zero-order chi connectivity index (χ0) is 13.0. The van der Waals surface area contributed by atoms with Crippen molar-refractivity contribution in [2.24, 2.45) is 5.73 Å². The number of amides is 2. The average molecular weight is 261 g/mol. The van der Waals surface area contributed by atoms with Crippen LogP contribution in [0.1, 0.15) is 17.0 Å². The normalized spacial score (nSPS) is 11.8. The first kappa shape index (κ1) is 13.0. The SMILES string of the molecule is NC(=O)C[C@@H](NC(=O)c1ccc(Cl)o1)C(=O)O. The van der Waals surface area contributed by atoms with Gasteiger partial charge in [-0.15, -0.1) is 0 Å². The number of halogens is 1. The Kier molecular flexibility index (Phi) is 4.11. The van der Waals surface area contributed by atoms with Gasteiger partial charge in [0.1, 0.15) is 6.04 Å². The molecule has 1 aromatic rings. The maximum absolute atomic E-state index is 11.5. The van der Waals surface area contributed by atoms with Gasteiger partial charge in [0, 0.05) is 0 Å². The Balaban J connectivity index is 2.70. The van der Waals surface area contributed by atoms with Gasteiger partial charge in [0.2, 0.25) is 5.91 Å². The Bertz CT molecular complexity index is 456. The molecule has 17 heavy (non-hydrogen) atoms. The van der Waals surface area contributed by atoms with Crippen LogP contribution in [0.5, 0.6) is 0 Å². The minimum Gasteiger partial charge on any atom is -0.480 e. The van der Waals surface area contributed by atoms with Gasteiger partial charge in [-0.1, -0.05) is 0 Å². The Hall–Kier alpha value is -2.02. The fraction of sp³-hybridized carbons (Fsp3) is 0.222. The van der Waals surface area contributed by atoms with Crippen molar-refractivity contribution in [2.75, 3.05) is 0 Å². The van der Waals surface area contributed by atoms with Crippen LogP contribution in [-0.2, 0) is 9.59 Å². The van der Waals surface area contributed by atoms with Crippen molar-refractivity contribution in [3.8, 4) is 0 Å². The summed E-state index contributed by atoms with van der Waals surface area (Å²) < 4.78 is 4.78. The summed E-state index contributed by atoms with van der Waals surface area (Å²) in [7, 11) is 0. The van der Waals surface area contributed by atoms with Gasteiger partial charge in [0.05, 0.1) is 6.42 Å². The molecule has 2 amide bonds. The van der Waals surface area contributed by atoms with E-state index in [1.165, 1.54) is 12.1 Å². The summed E-state index contributed by atoms with van der Waals surface area (Å²) in [5.41, 5.74) is 4.85. The zero-order valence-corrected chi connectivity index (χ0v) is 9.23. The number of primary amides is 1. The highest BCUT2D eigenvalue weighted by Gasteiger charge is 2.23. The number of rotatable bonds is 5. The van der Waals surface area contributed by atoms with Crippen LogP contribution in [0.25, 0.3) is 0 Å². The summed E-state index contributed by atoms with van der Waals surface area (Å²) >= 11 is 5.45. The van der Waals surface area contributed by atoms with Gasteiger partial charge in [-0.25, -0.2) is 4.79 Å². The lowest BCUT2D eigenvalue weighted by Crippen LogP contribution is -2.43. The molecule has 0 fully saturated rings. The number of hydrogen-bond donors (Lipinski definition) is 3. The third kappa shape index (κ3) is 3.80. The lowest BCUT2D eigenvalue weighted by atomic mass is 10.2. The number of nitrogens with two attached hydrogens (primary N) is 1. The molecule has 0 aromatic carbocycles. The molecule has 1 rings (SSSR count). The smallest absolute Gasteiger partial charge is 0.326 e. The van der Waals surface area contributed by atoms with Gasteiger partial charge in [-0.3, -0.25) is 9.59 Å². The van der Waals surface area contributed by atoms with Crippen molar-refractivity contribution < 1.29 is 23.9 Å². The Morgan fingerprint density at radius 3 is 2.53 bits per heavy atom. The van der Waals surface area contributed by atoms with E-state index in [0.29, 0.717) is 0 Å². The van der Waals surface area contributed by atoms with E-state index in [-0.39, 0.29) is 11.0 Å². The van der Waals surface area contributed by atoms with E-state index >= 15 is 0 Å². The molecule has 1 aromatic heterocycles. The summed E-state index contributed by atoms with van der Waals surface area (Å²) in [5.74, 6) is -3.14. The molecular weight excluding hydrogens is 252 g/mol. The van der Waals surface area contributed by atoms with E-state index in [9.17, 15) is 14.4 Å². The van der Waals surface area contributed by atoms with E-state index in [1.54, 1.807) is 0 Å². The molecule has 4 N–H and O–H groups in total. The van der Waals surface area contributed by atoms with Gasteiger partial charge < -0.3 is 20.6 Å². The highest BCUT2D eigenvalue weighted by Crippen LogP contribution is 2.13. The monoisotopic (exact) mass is 260 g/mol. The van der Waals surface area contributed by atoms with Crippen LogP contribution in [-0.4, -0.2) is 28.9 Å². The van der Waals surface area contributed by atoms with Crippen LogP contribution in [0.2, 0.25) is 5.22 Å². The summed E-state index contributed by atoms with van der Waals surface area (Å²) in [6.45, 7) is 0. The number of furan rings is 1. The molecule has 1 atom stereocenters. The van der Waals surface area contributed by atoms with Crippen LogP contribution in [0.3, 0.4) is 0 Å². The second-order valence-electron chi connectivity index (χ2n) is 3.14. The van der Waals surface area contributed by atoms with Crippen LogP contribution < -0.4 is 11.1 Å². The molecule has 0 bridgehead atoms. The van der Waals surface area contributed by atoms with Crippen LogP contribution in [0.4, 0.5) is 0 Å². The lowest BCUT2D eigenvalue weighted by molar-refractivity contribution is -0.140. The first-order chi connectivity index (χ1) is 7.90. The second kappa shape index (κ2) is 5.35. The third-order valence-electron chi connectivity index (χ3n) is 1.81. The molecule has 8 heteroatoms. The highest BCUT2D eigenvalue weighted by atomic mass is 35.5. The van der Waals surface area contributed by atoms with E-state index in [0.717, 1.165) is 0 Å². The summed E-state index contributed by atoms with van der Waals surface area (Å²) in [4.78, 5) is 32.8. The Morgan fingerprint density at radius 1 is 1.47 bits per heavy atom. The van der Waals surface area contributed by atoms with Crippen molar-refractivity contribution in [2.45, 2.75) is 12.5 Å². The number of aliphatic carboxylic acids is 1. The molecule has 0 radical (unpaired) electrons. The lowest BCUT2D eigenvalue weighted by Gasteiger charge is -2.11. The molecule has 0 saturated carbocycles. The summed E-state index contributed by atoms with van der Waals surface area (Å²) in [6, 6.07) is 1.21. The van der Waals surface area contributed by atoms with Gasteiger partial charge >= 0.3 is 5.97 Å². The third-order valence-corrected chi connectivity index (χ3v) is 2.01. The molecular formula is C9H9ClN2O5. The van der Waals surface area contributed by atoms with Crippen LogP contribution >= 0.6 is 11.6 Å². The number of carbonyl (C=O) groups is 3. The molecule has 0 aliphatic rings. The van der Waals surface area contributed by atoms with Gasteiger partial charge in [-0.05, 0) is 23.7 Å². The second-order valence-corrected chi connectivity index (χ2v) is 3.51. The highest BCUT2D eigenvalue weighted by molar-refractivity contribution is 6.29. The van der Waals surface area contributed by atoms with E-state index in [4.69, 9.17) is 26.9 Å². The summed E-state index contributed by atoms with van der Waals surface area (Å²) in [6.07, 6.45) is -0.504. The molecule has 0 aliphatic heterocycles. The standard InChI is InChI=1S/C9H9ClN2O5/c10-6-2-1-5(17-6)8(14)12-4(9(15)16)3-7(11)13/h1-2,4H,3H2,(H2,11,13)(H,12,14)(H,15,16)/t4-/m1/s1. The maximum Gasteiger partial charge on any atom is 0.326 e. The average Bonchev–Trinajstić information content (AvgIpc) is 2.63.